The number of methoxy groups -OCH3 is 2. The fraction of sp³-hybridized carbons (Fsp3) is 0.429. The highest BCUT2D eigenvalue weighted by Gasteiger charge is 2.07. The van der Waals surface area contributed by atoms with Crippen molar-refractivity contribution in [1.82, 2.24) is 5.32 Å². The van der Waals surface area contributed by atoms with E-state index in [0.29, 0.717) is 0 Å². The maximum Gasteiger partial charge on any atom is 0.161 e. The second-order valence-electron chi connectivity index (χ2n) is 3.84. The predicted octanol–water partition coefficient (Wildman–Crippen LogP) is 3.48. The SMILES string of the molecule is CCCNCC=Cc1cc(OC)c(OC)cc1Br. The average molecular weight is 314 g/mol. The molecule has 0 aliphatic heterocycles. The van der Waals surface area contributed by atoms with Crippen LogP contribution in [0.5, 0.6) is 11.5 Å². The third-order valence-electron chi connectivity index (χ3n) is 2.49. The van der Waals surface area contributed by atoms with Gasteiger partial charge in [-0.2, -0.15) is 0 Å². The summed E-state index contributed by atoms with van der Waals surface area (Å²) in [6.07, 6.45) is 5.31. The molecule has 0 amide bonds. The van der Waals surface area contributed by atoms with Crippen LogP contribution in [0.3, 0.4) is 0 Å². The maximum absolute atomic E-state index is 5.28. The molecule has 0 heterocycles. The van der Waals surface area contributed by atoms with Crippen LogP contribution in [0.15, 0.2) is 22.7 Å². The molecule has 0 saturated carbocycles. The molecule has 3 nitrogen and oxygen atoms in total. The third kappa shape index (κ3) is 4.35. The van der Waals surface area contributed by atoms with Crippen LogP contribution in [0.1, 0.15) is 18.9 Å². The lowest BCUT2D eigenvalue weighted by Crippen LogP contribution is -2.13. The largest absolute Gasteiger partial charge is 0.493 e. The van der Waals surface area contributed by atoms with Crippen LogP contribution in [-0.4, -0.2) is 27.3 Å². The third-order valence-corrected chi connectivity index (χ3v) is 3.18. The van der Waals surface area contributed by atoms with E-state index < -0.39 is 0 Å². The second kappa shape index (κ2) is 8.16. The maximum atomic E-state index is 5.28. The van der Waals surface area contributed by atoms with Gasteiger partial charge in [0.05, 0.1) is 14.2 Å². The highest BCUT2D eigenvalue weighted by molar-refractivity contribution is 9.10. The molecule has 1 aromatic rings. The molecule has 0 fully saturated rings. The monoisotopic (exact) mass is 313 g/mol. The smallest absolute Gasteiger partial charge is 0.161 e. The molecule has 0 radical (unpaired) electrons. The highest BCUT2D eigenvalue weighted by Crippen LogP contribution is 2.33. The number of hydrogen-bond donors (Lipinski definition) is 1. The van der Waals surface area contributed by atoms with E-state index in [9.17, 15) is 0 Å². The lowest BCUT2D eigenvalue weighted by Gasteiger charge is -2.09. The van der Waals surface area contributed by atoms with Gasteiger partial charge in [0, 0.05) is 11.0 Å². The van der Waals surface area contributed by atoms with Crippen molar-refractivity contribution in [2.75, 3.05) is 27.3 Å². The fourth-order valence-corrected chi connectivity index (χ4v) is 2.00. The summed E-state index contributed by atoms with van der Waals surface area (Å²) in [5.74, 6) is 1.47. The second-order valence-corrected chi connectivity index (χ2v) is 4.69. The number of nitrogens with one attached hydrogen (secondary N) is 1. The number of benzene rings is 1. The van der Waals surface area contributed by atoms with Gasteiger partial charge in [0.15, 0.2) is 11.5 Å². The zero-order valence-corrected chi connectivity index (χ0v) is 12.7. The van der Waals surface area contributed by atoms with Gasteiger partial charge in [0.25, 0.3) is 0 Å². The van der Waals surface area contributed by atoms with Gasteiger partial charge in [-0.05, 0) is 30.7 Å². The summed E-state index contributed by atoms with van der Waals surface area (Å²) in [7, 11) is 3.27. The summed E-state index contributed by atoms with van der Waals surface area (Å²) in [6.45, 7) is 4.06. The summed E-state index contributed by atoms with van der Waals surface area (Å²) >= 11 is 3.53. The Hall–Kier alpha value is -1.00. The summed E-state index contributed by atoms with van der Waals surface area (Å²) < 4.78 is 11.5. The molecule has 1 N–H and O–H groups in total. The summed E-state index contributed by atoms with van der Waals surface area (Å²) in [5.41, 5.74) is 1.07. The molecule has 18 heavy (non-hydrogen) atoms. The molecule has 4 heteroatoms. The van der Waals surface area contributed by atoms with Crippen molar-refractivity contribution >= 4 is 22.0 Å². The zero-order chi connectivity index (χ0) is 13.4. The first-order chi connectivity index (χ1) is 8.72. The molecule has 0 unspecified atom stereocenters. The Morgan fingerprint density at radius 1 is 1.22 bits per heavy atom. The molecule has 0 atom stereocenters. The molecule has 1 aromatic carbocycles. The first-order valence-electron chi connectivity index (χ1n) is 6.01. The number of halogens is 1. The van der Waals surface area contributed by atoms with Gasteiger partial charge < -0.3 is 14.8 Å². The molecular formula is C14H20BrNO2. The van der Waals surface area contributed by atoms with Crippen molar-refractivity contribution in [3.63, 3.8) is 0 Å². The number of hydrogen-bond acceptors (Lipinski definition) is 3. The Bertz CT molecular complexity index is 405. The first kappa shape index (κ1) is 15.1. The highest BCUT2D eigenvalue weighted by atomic mass is 79.9. The lowest BCUT2D eigenvalue weighted by atomic mass is 10.2. The van der Waals surface area contributed by atoms with E-state index in [0.717, 1.165) is 41.0 Å². The quantitative estimate of drug-likeness (QED) is 0.782. The summed E-state index contributed by atoms with van der Waals surface area (Å²) in [5, 5.41) is 3.32. The van der Waals surface area contributed by atoms with Crippen LogP contribution < -0.4 is 14.8 Å². The molecule has 0 aromatic heterocycles. The molecule has 0 spiro atoms. The molecular weight excluding hydrogens is 294 g/mol. The molecule has 1 rings (SSSR count). The van der Waals surface area contributed by atoms with Crippen molar-refractivity contribution in [3.05, 3.63) is 28.2 Å². The van der Waals surface area contributed by atoms with Crippen LogP contribution in [0.2, 0.25) is 0 Å². The van der Waals surface area contributed by atoms with Gasteiger partial charge in [0.1, 0.15) is 0 Å². The van der Waals surface area contributed by atoms with E-state index >= 15 is 0 Å². The summed E-state index contributed by atoms with van der Waals surface area (Å²) in [6, 6.07) is 3.87. The number of rotatable bonds is 7. The fourth-order valence-electron chi connectivity index (χ4n) is 1.55. The van der Waals surface area contributed by atoms with E-state index in [1.54, 1.807) is 14.2 Å². The Kier molecular flexibility index (Phi) is 6.83. The Balaban J connectivity index is 2.76. The van der Waals surface area contributed by atoms with Crippen molar-refractivity contribution in [2.45, 2.75) is 13.3 Å². The first-order valence-corrected chi connectivity index (χ1v) is 6.81. The van der Waals surface area contributed by atoms with Crippen molar-refractivity contribution < 1.29 is 9.47 Å². The minimum atomic E-state index is 0.727. The van der Waals surface area contributed by atoms with Crippen LogP contribution in [0, 0.1) is 0 Å². The van der Waals surface area contributed by atoms with E-state index in [2.05, 4.69) is 40.3 Å². The predicted molar refractivity (Wildman–Crippen MR) is 79.4 cm³/mol. The summed E-state index contributed by atoms with van der Waals surface area (Å²) in [4.78, 5) is 0. The van der Waals surface area contributed by atoms with Crippen LogP contribution in [0.25, 0.3) is 6.08 Å². The molecule has 0 aliphatic carbocycles. The average Bonchev–Trinajstić information content (AvgIpc) is 2.39. The molecule has 0 saturated heterocycles. The Labute approximate surface area is 117 Å². The van der Waals surface area contributed by atoms with E-state index in [1.165, 1.54) is 0 Å². The van der Waals surface area contributed by atoms with Crippen molar-refractivity contribution in [2.24, 2.45) is 0 Å². The minimum Gasteiger partial charge on any atom is -0.493 e. The van der Waals surface area contributed by atoms with Gasteiger partial charge in [-0.25, -0.2) is 0 Å². The van der Waals surface area contributed by atoms with E-state index in [1.807, 2.05) is 12.1 Å². The lowest BCUT2D eigenvalue weighted by molar-refractivity contribution is 0.354. The molecule has 0 aliphatic rings. The van der Waals surface area contributed by atoms with Gasteiger partial charge in [-0.15, -0.1) is 0 Å². The zero-order valence-electron chi connectivity index (χ0n) is 11.1. The standard InChI is InChI=1S/C14H20BrNO2/c1-4-7-16-8-5-6-11-9-13(17-2)14(18-3)10-12(11)15/h5-6,9-10,16H,4,7-8H2,1-3H3. The minimum absolute atomic E-state index is 0.727. The Morgan fingerprint density at radius 3 is 2.50 bits per heavy atom. The van der Waals surface area contributed by atoms with E-state index in [-0.39, 0.29) is 0 Å². The van der Waals surface area contributed by atoms with Crippen molar-refractivity contribution in [3.8, 4) is 11.5 Å². The van der Waals surface area contributed by atoms with Gasteiger partial charge >= 0.3 is 0 Å². The molecule has 0 bridgehead atoms. The topological polar surface area (TPSA) is 30.5 Å². The number of ether oxygens (including phenoxy) is 2. The van der Waals surface area contributed by atoms with Crippen LogP contribution >= 0.6 is 15.9 Å². The van der Waals surface area contributed by atoms with E-state index in [4.69, 9.17) is 9.47 Å². The molecule has 100 valence electrons. The van der Waals surface area contributed by atoms with Crippen LogP contribution in [0.4, 0.5) is 0 Å². The van der Waals surface area contributed by atoms with Crippen LogP contribution in [-0.2, 0) is 0 Å². The van der Waals surface area contributed by atoms with Gasteiger partial charge in [-0.3, -0.25) is 0 Å². The normalized spacial score (nSPS) is 10.9. The van der Waals surface area contributed by atoms with Gasteiger partial charge in [0.2, 0.25) is 0 Å². The van der Waals surface area contributed by atoms with Crippen molar-refractivity contribution in [1.29, 1.82) is 0 Å². The Morgan fingerprint density at radius 2 is 1.89 bits per heavy atom. The van der Waals surface area contributed by atoms with Gasteiger partial charge in [-0.1, -0.05) is 35.0 Å².